The summed E-state index contributed by atoms with van der Waals surface area (Å²) >= 11 is 0. The Morgan fingerprint density at radius 3 is 0.588 bits per heavy atom. The van der Waals surface area contributed by atoms with E-state index < -0.39 is 10.4 Å². The van der Waals surface area contributed by atoms with E-state index in [4.69, 9.17) is 17.5 Å². The van der Waals surface area contributed by atoms with Gasteiger partial charge in [-0.3, -0.25) is 9.11 Å². The van der Waals surface area contributed by atoms with Crippen LogP contribution < -0.4 is 0 Å². The van der Waals surface area contributed by atoms with Crippen LogP contribution in [0, 0.1) is 0 Å². The Hall–Kier alpha value is -0.910. The van der Waals surface area contributed by atoms with E-state index in [1.807, 2.05) is 0 Å². The van der Waals surface area contributed by atoms with Gasteiger partial charge >= 0.3 is 10.4 Å². The third kappa shape index (κ3) is 54.4. The molecule has 68 heavy (non-hydrogen) atoms. The van der Waals surface area contributed by atoms with Crippen LogP contribution in [-0.2, 0) is 29.7 Å². The van der Waals surface area contributed by atoms with Crippen LogP contribution in [0.4, 0.5) is 0 Å². The molecular formula is C63H122O4S. The van der Waals surface area contributed by atoms with Gasteiger partial charge in [-0.15, -0.1) is 0 Å². The molecule has 0 saturated heterocycles. The van der Waals surface area contributed by atoms with Crippen LogP contribution in [0.3, 0.4) is 0 Å². The summed E-state index contributed by atoms with van der Waals surface area (Å²) in [6.45, 7) is 6.96. The summed E-state index contributed by atoms with van der Waals surface area (Å²) < 4.78 is 31.6. The Morgan fingerprint density at radius 1 is 0.265 bits per heavy atom. The lowest BCUT2D eigenvalue weighted by atomic mass is 9.90. The number of aryl methyl sites for hydroxylation is 2. The molecule has 0 unspecified atom stereocenters. The van der Waals surface area contributed by atoms with E-state index in [1.165, 1.54) is 347 Å². The maximum Gasteiger partial charge on any atom is 0.394 e. The molecule has 4 nitrogen and oxygen atoms in total. The first-order chi connectivity index (χ1) is 33.3. The topological polar surface area (TPSA) is 74.6 Å². The Balaban J connectivity index is 0.00000848. The van der Waals surface area contributed by atoms with Crippen molar-refractivity contribution in [2.45, 2.75) is 367 Å². The summed E-state index contributed by atoms with van der Waals surface area (Å²) in [5.41, 5.74) is 5.22. The zero-order valence-electron chi connectivity index (χ0n) is 46.5. The van der Waals surface area contributed by atoms with Crippen molar-refractivity contribution in [3.05, 3.63) is 34.9 Å². The Morgan fingerprint density at radius 2 is 0.412 bits per heavy atom. The maximum atomic E-state index is 8.74. The Bertz CT molecular complexity index is 1150. The van der Waals surface area contributed by atoms with Crippen LogP contribution in [-0.4, -0.2) is 17.5 Å². The van der Waals surface area contributed by atoms with Crippen LogP contribution in [0.5, 0.6) is 0 Å². The van der Waals surface area contributed by atoms with Crippen molar-refractivity contribution < 1.29 is 17.5 Å². The molecule has 0 amide bonds. The van der Waals surface area contributed by atoms with Gasteiger partial charge in [-0.1, -0.05) is 347 Å². The molecule has 0 aromatic heterocycles. The first kappa shape index (κ1) is 67.1. The largest absolute Gasteiger partial charge is 0.394 e. The van der Waals surface area contributed by atoms with Crippen LogP contribution in [0.1, 0.15) is 365 Å². The normalized spacial score (nSPS) is 11.7. The summed E-state index contributed by atoms with van der Waals surface area (Å²) in [4.78, 5) is 0. The van der Waals surface area contributed by atoms with Gasteiger partial charge in [0.15, 0.2) is 0 Å². The number of unbranched alkanes of at least 4 members (excludes halogenated alkanes) is 48. The zero-order valence-corrected chi connectivity index (χ0v) is 47.4. The lowest BCUT2D eigenvalue weighted by Crippen LogP contribution is -2.02. The summed E-state index contributed by atoms with van der Waals surface area (Å²) in [6, 6.07) is 7.46. The van der Waals surface area contributed by atoms with Gasteiger partial charge in [0.05, 0.1) is 0 Å². The molecule has 404 valence electrons. The summed E-state index contributed by atoms with van der Waals surface area (Å²) in [7, 11) is -4.67. The van der Waals surface area contributed by atoms with E-state index in [1.54, 1.807) is 16.7 Å². The average Bonchev–Trinajstić information content (AvgIpc) is 3.32. The molecule has 0 aliphatic rings. The van der Waals surface area contributed by atoms with E-state index in [0.717, 1.165) is 0 Å². The number of benzene rings is 1. The minimum atomic E-state index is -4.67. The molecule has 0 spiro atoms. The van der Waals surface area contributed by atoms with Gasteiger partial charge in [0.2, 0.25) is 0 Å². The number of hydrogen-bond donors (Lipinski definition) is 2. The summed E-state index contributed by atoms with van der Waals surface area (Å²) in [6.07, 6.45) is 78.4. The third-order valence-corrected chi connectivity index (χ3v) is 15.0. The first-order valence-corrected chi connectivity index (χ1v) is 32.5. The monoisotopic (exact) mass is 975 g/mol. The van der Waals surface area contributed by atoms with Gasteiger partial charge in [0, 0.05) is 0 Å². The lowest BCUT2D eigenvalue weighted by Gasteiger charge is -2.16. The van der Waals surface area contributed by atoms with E-state index in [-0.39, 0.29) is 0 Å². The fourth-order valence-electron chi connectivity index (χ4n) is 10.6. The van der Waals surface area contributed by atoms with Gasteiger partial charge in [-0.05, 0) is 55.2 Å². The molecule has 0 aliphatic carbocycles. The molecule has 0 saturated carbocycles. The van der Waals surface area contributed by atoms with Crippen molar-refractivity contribution in [2.24, 2.45) is 0 Å². The van der Waals surface area contributed by atoms with Crippen LogP contribution in [0.2, 0.25) is 0 Å². The van der Waals surface area contributed by atoms with E-state index >= 15 is 0 Å². The highest BCUT2D eigenvalue weighted by Crippen LogP contribution is 2.25. The standard InChI is InChI=1S/C63H120.H2O4S/c1-4-7-10-13-16-19-22-25-28-31-34-37-40-43-46-49-52-56-61-58-55-59-62(57-53-50-47-44-41-38-35-32-29-26-23-20-17-14-11-8-5-2)63(61)60-54-51-48-45-42-39-36-33-30-27-24-21-18-15-12-9-6-3;1-5(2,3)4/h55,58-59H,4-54,56-57,60H2,1-3H3;(H2,1,2,3,4). The smallest absolute Gasteiger partial charge is 0.264 e. The Labute approximate surface area is 428 Å². The average molecular weight is 976 g/mol. The predicted octanol–water partition coefficient (Wildman–Crippen LogP) is 22.6. The van der Waals surface area contributed by atoms with Gasteiger partial charge < -0.3 is 0 Å². The van der Waals surface area contributed by atoms with Crippen molar-refractivity contribution in [1.29, 1.82) is 0 Å². The lowest BCUT2D eigenvalue weighted by molar-refractivity contribution is 0.381. The molecule has 0 radical (unpaired) electrons. The second kappa shape index (κ2) is 55.4. The van der Waals surface area contributed by atoms with Crippen molar-refractivity contribution in [3.8, 4) is 0 Å². The molecule has 1 aromatic rings. The van der Waals surface area contributed by atoms with E-state index in [2.05, 4.69) is 39.0 Å². The molecular weight excluding hydrogens is 853 g/mol. The van der Waals surface area contributed by atoms with Crippen molar-refractivity contribution >= 4 is 10.4 Å². The van der Waals surface area contributed by atoms with Crippen LogP contribution in [0.15, 0.2) is 18.2 Å². The van der Waals surface area contributed by atoms with Crippen molar-refractivity contribution in [1.82, 2.24) is 0 Å². The number of hydrogen-bond acceptors (Lipinski definition) is 2. The molecule has 0 fully saturated rings. The fraction of sp³-hybridized carbons (Fsp3) is 0.905. The highest BCUT2D eigenvalue weighted by Gasteiger charge is 2.09. The predicted molar refractivity (Wildman–Crippen MR) is 304 cm³/mol. The second-order valence-electron chi connectivity index (χ2n) is 21.7. The van der Waals surface area contributed by atoms with Crippen molar-refractivity contribution in [2.75, 3.05) is 0 Å². The van der Waals surface area contributed by atoms with Gasteiger partial charge in [0.1, 0.15) is 0 Å². The van der Waals surface area contributed by atoms with Crippen LogP contribution >= 0.6 is 0 Å². The number of rotatable bonds is 54. The van der Waals surface area contributed by atoms with Gasteiger partial charge in [-0.25, -0.2) is 0 Å². The first-order valence-electron chi connectivity index (χ1n) is 31.1. The second-order valence-corrected chi connectivity index (χ2v) is 22.6. The Kier molecular flexibility index (Phi) is 54.7. The van der Waals surface area contributed by atoms with E-state index in [9.17, 15) is 0 Å². The minimum Gasteiger partial charge on any atom is -0.264 e. The summed E-state index contributed by atoms with van der Waals surface area (Å²) in [5.74, 6) is 0. The van der Waals surface area contributed by atoms with Crippen molar-refractivity contribution in [3.63, 3.8) is 0 Å². The molecule has 0 bridgehead atoms. The highest BCUT2D eigenvalue weighted by atomic mass is 32.3. The minimum absolute atomic E-state index is 1.32. The van der Waals surface area contributed by atoms with Gasteiger partial charge in [0.25, 0.3) is 0 Å². The fourth-order valence-corrected chi connectivity index (χ4v) is 10.6. The van der Waals surface area contributed by atoms with Crippen LogP contribution in [0.25, 0.3) is 0 Å². The molecule has 1 aromatic carbocycles. The molecule has 1 rings (SSSR count). The molecule has 0 heterocycles. The maximum absolute atomic E-state index is 8.74. The molecule has 5 heteroatoms. The SMILES string of the molecule is CCCCCCCCCCCCCCCCCCCc1cccc(CCCCCCCCCCCCCCCCCCC)c1CCCCCCCCCCCCCCCCCCC.O=S(=O)(O)O. The molecule has 0 aliphatic heterocycles. The molecule has 2 N–H and O–H groups in total. The quantitative estimate of drug-likeness (QED) is 0.0504. The third-order valence-electron chi connectivity index (χ3n) is 15.0. The molecule has 0 atom stereocenters. The van der Waals surface area contributed by atoms with Gasteiger partial charge in [-0.2, -0.15) is 8.42 Å². The summed E-state index contributed by atoms with van der Waals surface area (Å²) in [5, 5.41) is 0. The highest BCUT2D eigenvalue weighted by molar-refractivity contribution is 7.79. The van der Waals surface area contributed by atoms with E-state index in [0.29, 0.717) is 0 Å². The zero-order chi connectivity index (χ0) is 49.5.